The summed E-state index contributed by atoms with van der Waals surface area (Å²) in [6.07, 6.45) is 1.81. The van der Waals surface area contributed by atoms with Crippen LogP contribution in [0.4, 0.5) is 10.5 Å². The monoisotopic (exact) mass is 342 g/mol. The summed E-state index contributed by atoms with van der Waals surface area (Å²) in [6.45, 7) is 9.27. The van der Waals surface area contributed by atoms with E-state index in [1.54, 1.807) is 18.3 Å². The lowest BCUT2D eigenvalue weighted by molar-refractivity contribution is 0.0557. The van der Waals surface area contributed by atoms with E-state index >= 15 is 0 Å². The molecule has 0 aliphatic carbocycles. The first-order chi connectivity index (χ1) is 11.8. The first-order valence-electron chi connectivity index (χ1n) is 8.21. The maximum Gasteiger partial charge on any atom is 0.416 e. The van der Waals surface area contributed by atoms with Crippen LogP contribution < -0.4 is 4.90 Å². The van der Waals surface area contributed by atoms with Crippen LogP contribution in [0.1, 0.15) is 34.8 Å². The van der Waals surface area contributed by atoms with E-state index in [-0.39, 0.29) is 12.5 Å². The molecule has 1 N–H and O–H groups in total. The maximum atomic E-state index is 13.0. The number of aliphatic hydroxyl groups is 1. The Labute approximate surface area is 147 Å². The van der Waals surface area contributed by atoms with Gasteiger partial charge in [-0.2, -0.15) is 0 Å². The highest BCUT2D eigenvalue weighted by molar-refractivity contribution is 6.06. The Morgan fingerprint density at radius 1 is 1.36 bits per heavy atom. The zero-order chi connectivity index (χ0) is 18.3. The number of nitrogens with zero attached hydrogens (tertiary/aromatic N) is 2. The molecule has 0 aromatic heterocycles. The molecule has 6 heteroatoms. The Balaban J connectivity index is 2.16. The summed E-state index contributed by atoms with van der Waals surface area (Å²) in [6, 6.07) is 2.98. The average molecular weight is 342 g/mol. The number of benzene rings is 1. The minimum atomic E-state index is -1.20. The normalized spacial score (nSPS) is 22.1. The van der Waals surface area contributed by atoms with Crippen molar-refractivity contribution in [2.45, 2.75) is 39.5 Å². The van der Waals surface area contributed by atoms with E-state index in [1.807, 2.05) is 20.8 Å². The molecule has 0 spiro atoms. The number of hydrogen-bond donors (Lipinski definition) is 1. The summed E-state index contributed by atoms with van der Waals surface area (Å²) >= 11 is 0. The van der Waals surface area contributed by atoms with Gasteiger partial charge in [0.1, 0.15) is 6.61 Å². The number of anilines is 1. The largest absolute Gasteiger partial charge is 0.445 e. The van der Waals surface area contributed by atoms with Crippen LogP contribution in [0, 0.1) is 13.8 Å². The van der Waals surface area contributed by atoms with E-state index in [0.29, 0.717) is 17.7 Å². The van der Waals surface area contributed by atoms with Gasteiger partial charge in [-0.05, 0) is 50.5 Å². The van der Waals surface area contributed by atoms with Crippen LogP contribution in [0.25, 0.3) is 0 Å². The molecule has 132 valence electrons. The Bertz CT molecular complexity index is 784. The number of carbonyl (C=O) groups is 2. The summed E-state index contributed by atoms with van der Waals surface area (Å²) in [7, 11) is 0. The van der Waals surface area contributed by atoms with Crippen LogP contribution in [0.3, 0.4) is 0 Å². The highest BCUT2D eigenvalue weighted by Gasteiger charge is 2.44. The number of amides is 2. The van der Waals surface area contributed by atoms with Crippen LogP contribution in [-0.2, 0) is 4.74 Å². The first-order valence-corrected chi connectivity index (χ1v) is 8.21. The van der Waals surface area contributed by atoms with Gasteiger partial charge in [-0.25, -0.2) is 9.69 Å². The topological polar surface area (TPSA) is 70.1 Å². The molecule has 2 aliphatic rings. The minimum Gasteiger partial charge on any atom is -0.445 e. The van der Waals surface area contributed by atoms with Crippen molar-refractivity contribution in [3.63, 3.8) is 0 Å². The fraction of sp³-hybridized carbons (Fsp3) is 0.368. The highest BCUT2D eigenvalue weighted by atomic mass is 16.6. The van der Waals surface area contributed by atoms with Gasteiger partial charge >= 0.3 is 6.09 Å². The van der Waals surface area contributed by atoms with Crippen molar-refractivity contribution in [2.75, 3.05) is 11.5 Å². The standard InChI is InChI=1S/C19H22N2O4/c1-5-6-25-19(24)21-15-9-13(4)12(3)8-14(15)17(22)20-10-11(2)7-16(20)18(21)23/h5,8-10,16,18,23H,1,6-7H2,2-4H3/t16-,18-/m0/s1. The molecular weight excluding hydrogens is 320 g/mol. The number of aliphatic hydroxyl groups excluding tert-OH is 1. The van der Waals surface area contributed by atoms with Crippen molar-refractivity contribution < 1.29 is 19.4 Å². The van der Waals surface area contributed by atoms with Crippen LogP contribution in [0.2, 0.25) is 0 Å². The van der Waals surface area contributed by atoms with E-state index in [2.05, 4.69) is 6.58 Å². The third-order valence-electron chi connectivity index (χ3n) is 4.71. The van der Waals surface area contributed by atoms with Gasteiger partial charge in [0, 0.05) is 6.20 Å². The Morgan fingerprint density at radius 2 is 2.04 bits per heavy atom. The molecule has 0 saturated carbocycles. The lowest BCUT2D eigenvalue weighted by Crippen LogP contribution is -2.50. The summed E-state index contributed by atoms with van der Waals surface area (Å²) in [5.41, 5.74) is 3.60. The zero-order valence-electron chi connectivity index (χ0n) is 14.7. The highest BCUT2D eigenvalue weighted by Crippen LogP contribution is 2.37. The number of aryl methyl sites for hydroxylation is 2. The second-order valence-corrected chi connectivity index (χ2v) is 6.56. The second kappa shape index (κ2) is 6.37. The van der Waals surface area contributed by atoms with Gasteiger partial charge in [0.05, 0.1) is 17.3 Å². The Hall–Kier alpha value is -2.60. The van der Waals surface area contributed by atoms with Gasteiger partial charge in [-0.3, -0.25) is 4.79 Å². The van der Waals surface area contributed by atoms with Crippen molar-refractivity contribution in [1.82, 2.24) is 4.90 Å². The fourth-order valence-corrected chi connectivity index (χ4v) is 3.30. The van der Waals surface area contributed by atoms with Gasteiger partial charge in [0.2, 0.25) is 0 Å². The molecule has 2 atom stereocenters. The van der Waals surface area contributed by atoms with Crippen LogP contribution in [0.5, 0.6) is 0 Å². The van der Waals surface area contributed by atoms with Gasteiger partial charge in [0.15, 0.2) is 6.23 Å². The van der Waals surface area contributed by atoms with Crippen molar-refractivity contribution in [3.8, 4) is 0 Å². The van der Waals surface area contributed by atoms with Gasteiger partial charge in [-0.1, -0.05) is 18.2 Å². The Kier molecular flexibility index (Phi) is 4.39. The van der Waals surface area contributed by atoms with Crippen molar-refractivity contribution in [2.24, 2.45) is 0 Å². The molecule has 0 bridgehead atoms. The summed E-state index contributed by atoms with van der Waals surface area (Å²) in [5, 5.41) is 10.9. The van der Waals surface area contributed by atoms with Crippen molar-refractivity contribution in [3.05, 3.63) is 53.3 Å². The molecule has 0 radical (unpaired) electrons. The van der Waals surface area contributed by atoms with E-state index in [4.69, 9.17) is 4.74 Å². The molecule has 6 nitrogen and oxygen atoms in total. The number of fused-ring (bicyclic) bond motifs is 2. The smallest absolute Gasteiger partial charge is 0.416 e. The number of rotatable bonds is 2. The molecule has 2 heterocycles. The number of carbonyl (C=O) groups excluding carboxylic acids is 2. The van der Waals surface area contributed by atoms with Gasteiger partial charge < -0.3 is 14.7 Å². The molecule has 0 fully saturated rings. The van der Waals surface area contributed by atoms with E-state index in [0.717, 1.165) is 16.7 Å². The predicted octanol–water partition coefficient (Wildman–Crippen LogP) is 2.88. The van der Waals surface area contributed by atoms with Crippen LogP contribution >= 0.6 is 0 Å². The predicted molar refractivity (Wildman–Crippen MR) is 94.3 cm³/mol. The molecule has 3 rings (SSSR count). The first kappa shape index (κ1) is 17.2. The maximum absolute atomic E-state index is 13.0. The minimum absolute atomic E-state index is 0.0296. The van der Waals surface area contributed by atoms with Crippen molar-refractivity contribution >= 4 is 17.7 Å². The van der Waals surface area contributed by atoms with Crippen molar-refractivity contribution in [1.29, 1.82) is 0 Å². The third kappa shape index (κ3) is 2.82. The van der Waals surface area contributed by atoms with E-state index < -0.39 is 18.4 Å². The molecule has 2 aliphatic heterocycles. The van der Waals surface area contributed by atoms with Crippen LogP contribution in [0.15, 0.2) is 36.6 Å². The summed E-state index contributed by atoms with van der Waals surface area (Å²) in [5.74, 6) is -0.224. The van der Waals surface area contributed by atoms with E-state index in [1.165, 1.54) is 15.9 Å². The molecule has 2 amide bonds. The van der Waals surface area contributed by atoms with E-state index in [9.17, 15) is 14.7 Å². The summed E-state index contributed by atoms with van der Waals surface area (Å²) in [4.78, 5) is 28.3. The fourth-order valence-electron chi connectivity index (χ4n) is 3.30. The second-order valence-electron chi connectivity index (χ2n) is 6.56. The zero-order valence-corrected chi connectivity index (χ0v) is 14.7. The molecule has 0 saturated heterocycles. The lowest BCUT2D eigenvalue weighted by Gasteiger charge is -2.31. The third-order valence-corrected chi connectivity index (χ3v) is 4.71. The molecule has 25 heavy (non-hydrogen) atoms. The van der Waals surface area contributed by atoms with Gasteiger partial charge in [-0.15, -0.1) is 0 Å². The molecule has 0 unspecified atom stereocenters. The number of ether oxygens (including phenoxy) is 1. The average Bonchev–Trinajstić information content (AvgIpc) is 2.94. The molecule has 1 aromatic rings. The van der Waals surface area contributed by atoms with Crippen LogP contribution in [-0.4, -0.2) is 40.9 Å². The quantitative estimate of drug-likeness (QED) is 0.839. The summed E-state index contributed by atoms with van der Waals surface area (Å²) < 4.78 is 5.16. The lowest BCUT2D eigenvalue weighted by atomic mass is 10.0. The SMILES string of the molecule is C=CCOC(=O)N1c2cc(C)c(C)cc2C(=O)N2C=C(C)C[C@H]2[C@@H]1O. The molecule has 1 aromatic carbocycles. The molecular formula is C19H22N2O4. The van der Waals surface area contributed by atoms with Gasteiger partial charge in [0.25, 0.3) is 5.91 Å². The Morgan fingerprint density at radius 3 is 2.72 bits per heavy atom. The number of hydrogen-bond acceptors (Lipinski definition) is 4.